The Morgan fingerprint density at radius 1 is 1.16 bits per heavy atom. The van der Waals surface area contributed by atoms with Crippen LogP contribution in [0.4, 0.5) is 0 Å². The van der Waals surface area contributed by atoms with Crippen LogP contribution >= 0.6 is 0 Å². The van der Waals surface area contributed by atoms with Crippen LogP contribution in [0, 0.1) is 6.92 Å². The summed E-state index contributed by atoms with van der Waals surface area (Å²) in [4.78, 5) is 17.5. The minimum Gasteiger partial charge on any atom is -0.494 e. The van der Waals surface area contributed by atoms with Crippen LogP contribution in [0.15, 0.2) is 53.4 Å². The number of nitrogens with zero attached hydrogens (tertiary/aromatic N) is 1. The molecule has 0 atom stereocenters. The predicted octanol–water partition coefficient (Wildman–Crippen LogP) is 3.49. The van der Waals surface area contributed by atoms with Gasteiger partial charge in [0.2, 0.25) is 11.8 Å². The number of ether oxygens (including phenoxy) is 2. The van der Waals surface area contributed by atoms with Crippen LogP contribution in [0.5, 0.6) is 11.6 Å². The molecule has 3 aromatic rings. The fourth-order valence-corrected chi connectivity index (χ4v) is 5.04. The zero-order chi connectivity index (χ0) is 22.2. The number of sulfonamides is 1. The molecular formula is C23H24N2O5S. The fraction of sp³-hybridized carbons (Fsp3) is 0.304. The van der Waals surface area contributed by atoms with Crippen molar-refractivity contribution in [2.45, 2.75) is 37.0 Å². The van der Waals surface area contributed by atoms with Gasteiger partial charge in [-0.05, 0) is 51.0 Å². The molecule has 1 aromatic heterocycles. The van der Waals surface area contributed by atoms with Crippen LogP contribution in [-0.4, -0.2) is 33.0 Å². The highest BCUT2D eigenvalue weighted by Gasteiger charge is 2.54. The van der Waals surface area contributed by atoms with Gasteiger partial charge in [0.1, 0.15) is 5.75 Å². The van der Waals surface area contributed by atoms with Gasteiger partial charge in [0, 0.05) is 17.0 Å². The Kier molecular flexibility index (Phi) is 5.35. The number of pyridine rings is 1. The molecule has 0 radical (unpaired) electrons. The number of carbonyl (C=O) groups excluding carboxylic acids is 1. The zero-order valence-corrected chi connectivity index (χ0v) is 18.5. The summed E-state index contributed by atoms with van der Waals surface area (Å²) in [5.74, 6) is 0.447. The SMILES string of the molecule is CCOc1ccc(C)cc1C1(C(=O)NS(=O)(=O)c2cccc3nc(OC)ccc23)CC1. The van der Waals surface area contributed by atoms with Gasteiger partial charge in [0.05, 0.1) is 29.5 Å². The van der Waals surface area contributed by atoms with Crippen LogP contribution < -0.4 is 14.2 Å². The van der Waals surface area contributed by atoms with E-state index in [1.807, 2.05) is 32.0 Å². The molecule has 0 spiro atoms. The van der Waals surface area contributed by atoms with E-state index in [1.54, 1.807) is 24.3 Å². The van der Waals surface area contributed by atoms with Gasteiger partial charge in [0.15, 0.2) is 0 Å². The van der Waals surface area contributed by atoms with E-state index in [1.165, 1.54) is 13.2 Å². The summed E-state index contributed by atoms with van der Waals surface area (Å²) < 4.78 is 39.5. The molecule has 1 amide bonds. The summed E-state index contributed by atoms with van der Waals surface area (Å²) in [5, 5.41) is 0.416. The maximum atomic E-state index is 13.2. The molecule has 162 valence electrons. The molecule has 1 saturated carbocycles. The number of aryl methyl sites for hydroxylation is 1. The quantitative estimate of drug-likeness (QED) is 0.604. The highest BCUT2D eigenvalue weighted by molar-refractivity contribution is 7.90. The summed E-state index contributed by atoms with van der Waals surface area (Å²) >= 11 is 0. The van der Waals surface area contributed by atoms with E-state index < -0.39 is 21.3 Å². The van der Waals surface area contributed by atoms with E-state index >= 15 is 0 Å². The molecule has 1 aliphatic rings. The molecule has 0 saturated heterocycles. The molecule has 1 aliphatic carbocycles. The van der Waals surface area contributed by atoms with E-state index in [0.29, 0.717) is 42.0 Å². The molecule has 7 nitrogen and oxygen atoms in total. The number of carbonyl (C=O) groups is 1. The number of fused-ring (bicyclic) bond motifs is 1. The summed E-state index contributed by atoms with van der Waals surface area (Å²) in [6.45, 7) is 4.26. The smallest absolute Gasteiger partial charge is 0.264 e. The van der Waals surface area contributed by atoms with Crippen LogP contribution in [0.1, 0.15) is 30.9 Å². The van der Waals surface area contributed by atoms with E-state index in [9.17, 15) is 13.2 Å². The molecule has 0 bridgehead atoms. The van der Waals surface area contributed by atoms with Gasteiger partial charge in [-0.15, -0.1) is 0 Å². The Balaban J connectivity index is 1.69. The van der Waals surface area contributed by atoms with Crippen molar-refractivity contribution in [2.24, 2.45) is 0 Å². The van der Waals surface area contributed by atoms with Crippen LogP contribution in [-0.2, 0) is 20.2 Å². The number of amides is 1. The third-order valence-electron chi connectivity index (χ3n) is 5.53. The minimum atomic E-state index is -4.11. The molecule has 4 rings (SSSR count). The third kappa shape index (κ3) is 3.83. The number of methoxy groups -OCH3 is 1. The number of benzene rings is 2. The molecule has 1 heterocycles. The molecule has 2 aromatic carbocycles. The molecule has 0 unspecified atom stereocenters. The van der Waals surface area contributed by atoms with Gasteiger partial charge in [-0.3, -0.25) is 4.79 Å². The van der Waals surface area contributed by atoms with E-state index in [-0.39, 0.29) is 4.90 Å². The first-order valence-corrected chi connectivity index (χ1v) is 11.5. The van der Waals surface area contributed by atoms with Gasteiger partial charge in [0.25, 0.3) is 10.0 Å². The molecular weight excluding hydrogens is 416 g/mol. The third-order valence-corrected chi connectivity index (χ3v) is 6.92. The highest BCUT2D eigenvalue weighted by Crippen LogP contribution is 2.52. The fourth-order valence-electron chi connectivity index (χ4n) is 3.77. The monoisotopic (exact) mass is 440 g/mol. The lowest BCUT2D eigenvalue weighted by Crippen LogP contribution is -2.39. The van der Waals surface area contributed by atoms with E-state index in [2.05, 4.69) is 9.71 Å². The number of aromatic nitrogens is 1. The number of rotatable bonds is 7. The van der Waals surface area contributed by atoms with E-state index in [4.69, 9.17) is 9.47 Å². The van der Waals surface area contributed by atoms with Crippen molar-refractivity contribution in [3.05, 3.63) is 59.7 Å². The highest BCUT2D eigenvalue weighted by atomic mass is 32.2. The van der Waals surface area contributed by atoms with Gasteiger partial charge in [-0.1, -0.05) is 23.8 Å². The Morgan fingerprint density at radius 2 is 1.94 bits per heavy atom. The summed E-state index contributed by atoms with van der Waals surface area (Å²) in [6, 6.07) is 13.6. The van der Waals surface area contributed by atoms with Gasteiger partial charge in [-0.2, -0.15) is 0 Å². The Hall–Kier alpha value is -3.13. The summed E-state index contributed by atoms with van der Waals surface area (Å²) in [7, 11) is -2.62. The lowest BCUT2D eigenvalue weighted by atomic mass is 9.93. The maximum absolute atomic E-state index is 13.2. The zero-order valence-electron chi connectivity index (χ0n) is 17.6. The van der Waals surface area contributed by atoms with Gasteiger partial charge >= 0.3 is 0 Å². The normalized spacial score (nSPS) is 14.8. The lowest BCUT2D eigenvalue weighted by Gasteiger charge is -2.20. The predicted molar refractivity (Wildman–Crippen MR) is 117 cm³/mol. The van der Waals surface area contributed by atoms with Crippen molar-refractivity contribution in [3.63, 3.8) is 0 Å². The first-order chi connectivity index (χ1) is 14.8. The maximum Gasteiger partial charge on any atom is 0.264 e. The molecule has 31 heavy (non-hydrogen) atoms. The van der Waals surface area contributed by atoms with Crippen molar-refractivity contribution in [1.82, 2.24) is 9.71 Å². The average molecular weight is 441 g/mol. The van der Waals surface area contributed by atoms with E-state index in [0.717, 1.165) is 11.1 Å². The molecule has 8 heteroatoms. The summed E-state index contributed by atoms with van der Waals surface area (Å²) in [6.07, 6.45) is 1.12. The summed E-state index contributed by atoms with van der Waals surface area (Å²) in [5.41, 5.74) is 1.27. The number of nitrogens with one attached hydrogen (secondary N) is 1. The van der Waals surface area contributed by atoms with Crippen molar-refractivity contribution in [1.29, 1.82) is 0 Å². The van der Waals surface area contributed by atoms with Crippen molar-refractivity contribution in [3.8, 4) is 11.6 Å². The standard InChI is InChI=1S/C23H24N2O5S/c1-4-30-19-10-8-15(2)14-17(19)23(12-13-23)22(26)25-31(27,28)20-7-5-6-18-16(20)9-11-21(24-18)29-3/h5-11,14H,4,12-13H2,1-3H3,(H,25,26). The molecule has 1 N–H and O–H groups in total. The Labute approximate surface area is 181 Å². The lowest BCUT2D eigenvalue weighted by molar-refractivity contribution is -0.121. The van der Waals surface area contributed by atoms with Crippen molar-refractivity contribution < 1.29 is 22.7 Å². The molecule has 1 fully saturated rings. The Morgan fingerprint density at radius 3 is 2.61 bits per heavy atom. The first kappa shape index (κ1) is 21.1. The largest absolute Gasteiger partial charge is 0.494 e. The van der Waals surface area contributed by atoms with Crippen molar-refractivity contribution >= 4 is 26.8 Å². The minimum absolute atomic E-state index is 0.00132. The van der Waals surface area contributed by atoms with Crippen LogP contribution in [0.2, 0.25) is 0 Å². The van der Waals surface area contributed by atoms with Crippen molar-refractivity contribution in [2.75, 3.05) is 13.7 Å². The first-order valence-electron chi connectivity index (χ1n) is 10.1. The molecule has 0 aliphatic heterocycles. The average Bonchev–Trinajstić information content (AvgIpc) is 3.56. The van der Waals surface area contributed by atoms with Gasteiger partial charge in [-0.25, -0.2) is 18.1 Å². The van der Waals surface area contributed by atoms with Crippen LogP contribution in [0.25, 0.3) is 10.9 Å². The van der Waals surface area contributed by atoms with Crippen LogP contribution in [0.3, 0.4) is 0 Å². The van der Waals surface area contributed by atoms with Gasteiger partial charge < -0.3 is 9.47 Å². The topological polar surface area (TPSA) is 94.6 Å². The second-order valence-electron chi connectivity index (χ2n) is 7.63. The number of hydrogen-bond donors (Lipinski definition) is 1. The second kappa shape index (κ2) is 7.85. The second-order valence-corrected chi connectivity index (χ2v) is 9.28. The Bertz CT molecular complexity index is 1270. The number of hydrogen-bond acceptors (Lipinski definition) is 6.